The first-order valence-electron chi connectivity index (χ1n) is 6.21. The van der Waals surface area contributed by atoms with Crippen molar-refractivity contribution in [1.29, 1.82) is 0 Å². The average molecular weight is 398 g/mol. The summed E-state index contributed by atoms with van der Waals surface area (Å²) < 4.78 is 0. The van der Waals surface area contributed by atoms with E-state index in [2.05, 4.69) is 69.0 Å². The van der Waals surface area contributed by atoms with Crippen molar-refractivity contribution in [3.8, 4) is 11.2 Å². The van der Waals surface area contributed by atoms with Crippen molar-refractivity contribution in [1.82, 2.24) is 4.90 Å². The Labute approximate surface area is 136 Å². The van der Waals surface area contributed by atoms with E-state index in [0.717, 1.165) is 17.9 Å². The molecule has 0 aromatic heterocycles. The Bertz CT molecular complexity index is 591. The van der Waals surface area contributed by atoms with E-state index < -0.39 is 0 Å². The number of hydrogen-bond acceptors (Lipinski definition) is 3. The molecule has 0 saturated carbocycles. The van der Waals surface area contributed by atoms with Crippen LogP contribution in [0.3, 0.4) is 0 Å². The number of halogens is 1. The molecule has 1 aromatic rings. The zero-order valence-corrected chi connectivity index (χ0v) is 14.2. The van der Waals surface area contributed by atoms with Gasteiger partial charge in [0.25, 0.3) is 5.91 Å². The number of benzene rings is 1. The van der Waals surface area contributed by atoms with E-state index >= 15 is 0 Å². The Balaban J connectivity index is 2.06. The molecule has 1 amide bonds. The van der Waals surface area contributed by atoms with Gasteiger partial charge < -0.3 is 9.80 Å². The second kappa shape index (κ2) is 7.04. The van der Waals surface area contributed by atoms with Gasteiger partial charge in [-0.1, -0.05) is 18.7 Å². The van der Waals surface area contributed by atoms with Crippen molar-refractivity contribution in [2.45, 2.75) is 6.92 Å². The van der Waals surface area contributed by atoms with Crippen molar-refractivity contribution in [2.24, 2.45) is 0 Å². The summed E-state index contributed by atoms with van der Waals surface area (Å²) in [7, 11) is 1.32. The van der Waals surface area contributed by atoms with Gasteiger partial charge in [0, 0.05) is 51.6 Å². The lowest BCUT2D eigenvalue weighted by atomic mass is 10.1. The van der Waals surface area contributed by atoms with Crippen LogP contribution in [0.4, 0.5) is 5.69 Å². The molecule has 0 radical (unpaired) electrons. The minimum absolute atomic E-state index is 0.126. The third-order valence-corrected chi connectivity index (χ3v) is 3.99. The summed E-state index contributed by atoms with van der Waals surface area (Å²) in [4.78, 5) is 15.8. The number of piperazine rings is 1. The van der Waals surface area contributed by atoms with Crippen LogP contribution in [0.25, 0.3) is 0 Å². The Morgan fingerprint density at radius 2 is 2.25 bits per heavy atom. The smallest absolute Gasteiger partial charge is 0.299 e. The fourth-order valence-corrected chi connectivity index (χ4v) is 2.64. The molecule has 0 unspecified atom stereocenters. The first-order valence-corrected chi connectivity index (χ1v) is 9.57. The molecule has 2 rings (SSSR count). The zero-order valence-electron chi connectivity index (χ0n) is 11.2. The summed E-state index contributed by atoms with van der Waals surface area (Å²) in [6.07, 6.45) is 0. The number of amides is 1. The summed E-state index contributed by atoms with van der Waals surface area (Å²) in [6.45, 7) is 8.13. The summed E-state index contributed by atoms with van der Waals surface area (Å²) in [5.74, 6) is 2.49. The predicted octanol–water partition coefficient (Wildman–Crippen LogP) is 3.20. The second-order valence-electron chi connectivity index (χ2n) is 4.59. The largest absolute Gasteiger partial charge is 0.342 e. The van der Waals surface area contributed by atoms with Gasteiger partial charge in [-0.25, -0.2) is 0 Å². The lowest BCUT2D eigenvalue weighted by Gasteiger charge is -2.37. The van der Waals surface area contributed by atoms with Gasteiger partial charge in [0.1, 0.15) is 0 Å². The van der Waals surface area contributed by atoms with E-state index in [-0.39, 0.29) is 5.91 Å². The molecule has 1 heterocycles. The lowest BCUT2D eigenvalue weighted by Crippen LogP contribution is -2.46. The highest BCUT2D eigenvalue weighted by molar-refractivity contribution is 14.2. The molecule has 104 valence electrons. The first-order chi connectivity index (χ1) is 9.61. The van der Waals surface area contributed by atoms with E-state index in [4.69, 9.17) is 0 Å². The first kappa shape index (κ1) is 15.3. The van der Waals surface area contributed by atoms with E-state index in [9.17, 15) is 4.79 Å². The monoisotopic (exact) mass is 398 g/mol. The number of hydrogen-bond donors (Lipinski definition) is 0. The highest BCUT2D eigenvalue weighted by atomic mass is 127. The van der Waals surface area contributed by atoms with E-state index in [1.807, 2.05) is 6.07 Å². The molecular weight excluding hydrogens is 383 g/mol. The van der Waals surface area contributed by atoms with Gasteiger partial charge in [0.2, 0.25) is 0 Å². The van der Waals surface area contributed by atoms with E-state index in [0.29, 0.717) is 13.1 Å². The molecule has 0 atom stereocenters. The Hall–Kier alpha value is -1.13. The number of anilines is 1. The highest BCUT2D eigenvalue weighted by Crippen LogP contribution is 2.23. The molecule has 5 heteroatoms. The van der Waals surface area contributed by atoms with Gasteiger partial charge in [0.15, 0.2) is 0 Å². The third kappa shape index (κ3) is 3.70. The molecule has 1 aromatic carbocycles. The molecule has 0 N–H and O–H groups in total. The van der Waals surface area contributed by atoms with E-state index in [1.54, 1.807) is 4.90 Å². The summed E-state index contributed by atoms with van der Waals surface area (Å²) in [5, 5.41) is 2.73. The van der Waals surface area contributed by atoms with Crippen molar-refractivity contribution < 1.29 is 4.79 Å². The summed E-state index contributed by atoms with van der Waals surface area (Å²) in [5.41, 5.74) is 3.29. The maximum Gasteiger partial charge on any atom is 0.299 e. The Kier molecular flexibility index (Phi) is 5.38. The number of rotatable bonds is 1. The molecule has 3 nitrogen and oxygen atoms in total. The fraction of sp³-hybridized carbons (Fsp3) is 0.267. The van der Waals surface area contributed by atoms with Crippen molar-refractivity contribution >= 4 is 41.7 Å². The molecule has 0 bridgehead atoms. The summed E-state index contributed by atoms with van der Waals surface area (Å²) in [6, 6.07) is 8.32. The highest BCUT2D eigenvalue weighted by Gasteiger charge is 2.23. The van der Waals surface area contributed by atoms with Gasteiger partial charge in [0.05, 0.1) is 6.54 Å². The molecular formula is C15H15IN2OS. The number of aryl methyl sites for hydroxylation is 1. The minimum Gasteiger partial charge on any atom is -0.342 e. The van der Waals surface area contributed by atoms with Gasteiger partial charge in [-0.2, -0.15) is 0 Å². The topological polar surface area (TPSA) is 23.6 Å². The predicted molar refractivity (Wildman–Crippen MR) is 93.6 cm³/mol. The normalized spacial score (nSPS) is 14.8. The van der Waals surface area contributed by atoms with Crippen LogP contribution in [0.2, 0.25) is 0 Å². The lowest BCUT2D eigenvalue weighted by molar-refractivity contribution is -0.124. The minimum atomic E-state index is -0.126. The summed E-state index contributed by atoms with van der Waals surface area (Å²) >= 11 is 2.06. The van der Waals surface area contributed by atoms with Gasteiger partial charge in [-0.15, -0.1) is 0 Å². The molecule has 1 aliphatic heterocycles. The van der Waals surface area contributed by atoms with Crippen LogP contribution in [-0.2, 0) is 4.79 Å². The second-order valence-corrected chi connectivity index (χ2v) is 6.27. The molecule has 1 saturated heterocycles. The maximum atomic E-state index is 11.9. The van der Waals surface area contributed by atoms with Crippen LogP contribution in [0.1, 0.15) is 5.56 Å². The molecule has 20 heavy (non-hydrogen) atoms. The standard InChI is InChI=1S/C15H15IN2OS/c1-12-4-3-5-14(10-12)18-8-7-17(11-13(18)2)15(19)6-9-20-16/h3-5,10H,2,7-8,11H2,1H3. The Morgan fingerprint density at radius 3 is 2.90 bits per heavy atom. The van der Waals surface area contributed by atoms with Crippen LogP contribution >= 0.6 is 30.1 Å². The zero-order chi connectivity index (χ0) is 14.5. The quantitative estimate of drug-likeness (QED) is 0.536. The molecule has 1 aliphatic rings. The van der Waals surface area contributed by atoms with Crippen LogP contribution in [-0.4, -0.2) is 30.4 Å². The van der Waals surface area contributed by atoms with E-state index in [1.165, 1.54) is 14.5 Å². The number of nitrogens with zero attached hydrogens (tertiary/aromatic N) is 2. The maximum absolute atomic E-state index is 11.9. The number of carbonyl (C=O) groups is 1. The van der Waals surface area contributed by atoms with Gasteiger partial charge in [-0.3, -0.25) is 4.79 Å². The average Bonchev–Trinajstić information content (AvgIpc) is 2.44. The molecule has 1 fully saturated rings. The Morgan fingerprint density at radius 1 is 1.45 bits per heavy atom. The third-order valence-electron chi connectivity index (χ3n) is 3.15. The SMILES string of the molecule is C=C1CN(C(=O)C#CSI)CCN1c1cccc(C)c1. The molecule has 0 aliphatic carbocycles. The van der Waals surface area contributed by atoms with Gasteiger partial charge in [-0.05, 0) is 38.8 Å². The van der Waals surface area contributed by atoms with Crippen LogP contribution in [0, 0.1) is 18.1 Å². The fourth-order valence-electron chi connectivity index (χ4n) is 2.19. The van der Waals surface area contributed by atoms with Crippen molar-refractivity contribution in [3.63, 3.8) is 0 Å². The van der Waals surface area contributed by atoms with Crippen molar-refractivity contribution in [3.05, 3.63) is 42.1 Å². The van der Waals surface area contributed by atoms with Crippen LogP contribution in [0.15, 0.2) is 36.5 Å². The number of carbonyl (C=O) groups excluding carboxylic acids is 1. The van der Waals surface area contributed by atoms with Gasteiger partial charge >= 0.3 is 0 Å². The van der Waals surface area contributed by atoms with Crippen molar-refractivity contribution in [2.75, 3.05) is 24.5 Å². The van der Waals surface area contributed by atoms with Crippen LogP contribution in [0.5, 0.6) is 0 Å². The molecule has 0 spiro atoms. The van der Waals surface area contributed by atoms with Crippen LogP contribution < -0.4 is 4.90 Å².